The second kappa shape index (κ2) is 7.40. The molecular weight excluding hydrogens is 376 g/mol. The van der Waals surface area contributed by atoms with E-state index in [1.807, 2.05) is 43.0 Å². The van der Waals surface area contributed by atoms with Crippen LogP contribution in [0.5, 0.6) is 0 Å². The van der Waals surface area contributed by atoms with Crippen molar-refractivity contribution in [3.8, 4) is 0 Å². The highest BCUT2D eigenvalue weighted by Gasteiger charge is 2.10. The lowest BCUT2D eigenvalue weighted by atomic mass is 10.1. The van der Waals surface area contributed by atoms with Crippen LogP contribution in [0, 0.1) is 0 Å². The van der Waals surface area contributed by atoms with Crippen molar-refractivity contribution in [1.29, 1.82) is 0 Å². The average Bonchev–Trinajstić information content (AvgIpc) is 3.18. The van der Waals surface area contributed by atoms with Gasteiger partial charge in [-0.1, -0.05) is 39.8 Å². The first-order chi connectivity index (χ1) is 12.0. The highest BCUT2D eigenvalue weighted by molar-refractivity contribution is 9.10. The number of nitrogens with zero attached hydrogens (tertiary/aromatic N) is 4. The van der Waals surface area contributed by atoms with Crippen molar-refractivity contribution in [2.75, 3.05) is 0 Å². The maximum absolute atomic E-state index is 4.47. The molecule has 0 spiro atoms. The van der Waals surface area contributed by atoms with Crippen LogP contribution in [0.15, 0.2) is 59.9 Å². The summed E-state index contributed by atoms with van der Waals surface area (Å²) in [5.41, 5.74) is 4.72. The monoisotopic (exact) mass is 398 g/mol. The molecule has 4 aromatic rings. The van der Waals surface area contributed by atoms with E-state index in [0.717, 1.165) is 10.4 Å². The zero-order chi connectivity index (χ0) is 18.0. The first kappa shape index (κ1) is 17.7. The Hall–Kier alpha value is -2.14. The maximum atomic E-state index is 4.47. The van der Waals surface area contributed by atoms with Crippen LogP contribution in [-0.4, -0.2) is 18.8 Å². The van der Waals surface area contributed by atoms with E-state index >= 15 is 0 Å². The first-order valence-electron chi connectivity index (χ1n) is 8.53. The summed E-state index contributed by atoms with van der Waals surface area (Å²) in [5.74, 6) is 0.959. The van der Waals surface area contributed by atoms with Crippen LogP contribution < -0.4 is 0 Å². The molecule has 4 nitrogen and oxygen atoms in total. The number of rotatable bonds is 2. The van der Waals surface area contributed by atoms with Gasteiger partial charge in [-0.2, -0.15) is 0 Å². The van der Waals surface area contributed by atoms with Gasteiger partial charge in [0.05, 0.1) is 28.7 Å². The predicted octanol–water partition coefficient (Wildman–Crippen LogP) is 5.68. The van der Waals surface area contributed by atoms with E-state index in [2.05, 4.69) is 74.5 Å². The van der Waals surface area contributed by atoms with Crippen molar-refractivity contribution >= 4 is 27.0 Å². The van der Waals surface area contributed by atoms with Gasteiger partial charge in [0.2, 0.25) is 0 Å². The minimum Gasteiger partial charge on any atom is -0.306 e. The van der Waals surface area contributed by atoms with Gasteiger partial charge >= 0.3 is 0 Å². The SMILES string of the molecule is CC(C)c1nc(Br)n2ccccc12.CC(C)c1ncn2ccccc12. The molecule has 0 aromatic carbocycles. The van der Waals surface area contributed by atoms with Crippen LogP contribution in [-0.2, 0) is 0 Å². The fourth-order valence-electron chi connectivity index (χ4n) is 2.86. The molecule has 130 valence electrons. The van der Waals surface area contributed by atoms with Gasteiger partial charge in [-0.3, -0.25) is 4.40 Å². The molecule has 0 saturated heterocycles. The number of imidazole rings is 2. The average molecular weight is 399 g/mol. The molecule has 4 heterocycles. The minimum absolute atomic E-state index is 0.462. The highest BCUT2D eigenvalue weighted by Crippen LogP contribution is 2.23. The summed E-state index contributed by atoms with van der Waals surface area (Å²) in [5, 5.41) is 0. The topological polar surface area (TPSA) is 34.6 Å². The maximum Gasteiger partial charge on any atom is 0.181 e. The van der Waals surface area contributed by atoms with Gasteiger partial charge < -0.3 is 4.40 Å². The van der Waals surface area contributed by atoms with Crippen molar-refractivity contribution in [3.63, 3.8) is 0 Å². The van der Waals surface area contributed by atoms with Gasteiger partial charge in [0, 0.05) is 12.4 Å². The third-order valence-corrected chi connectivity index (χ3v) is 4.66. The fourth-order valence-corrected chi connectivity index (χ4v) is 3.36. The third kappa shape index (κ3) is 3.61. The second-order valence-corrected chi connectivity index (χ2v) is 7.36. The van der Waals surface area contributed by atoms with E-state index in [1.165, 1.54) is 16.7 Å². The lowest BCUT2D eigenvalue weighted by molar-refractivity contribution is 0.838. The van der Waals surface area contributed by atoms with Gasteiger partial charge in [0.1, 0.15) is 0 Å². The van der Waals surface area contributed by atoms with E-state index < -0.39 is 0 Å². The minimum atomic E-state index is 0.462. The summed E-state index contributed by atoms with van der Waals surface area (Å²) in [6.45, 7) is 8.63. The van der Waals surface area contributed by atoms with Crippen molar-refractivity contribution in [1.82, 2.24) is 18.8 Å². The predicted molar refractivity (Wildman–Crippen MR) is 106 cm³/mol. The molecule has 0 atom stereocenters. The standard InChI is InChI=1S/C10H11BrN2.C10H12N2/c1-7(2)9-8-5-3-4-6-13(8)10(11)12-9;1-8(2)10-9-5-3-4-6-12(9)7-11-10/h3-7H,1-2H3;3-8H,1-2H3. The highest BCUT2D eigenvalue weighted by atomic mass is 79.9. The number of fused-ring (bicyclic) bond motifs is 2. The van der Waals surface area contributed by atoms with E-state index in [-0.39, 0.29) is 0 Å². The summed E-state index contributed by atoms with van der Waals surface area (Å²) in [6, 6.07) is 12.3. The second-order valence-electron chi connectivity index (χ2n) is 6.65. The molecule has 0 saturated carbocycles. The number of hydrogen-bond acceptors (Lipinski definition) is 2. The Morgan fingerprint density at radius 2 is 1.48 bits per heavy atom. The van der Waals surface area contributed by atoms with Crippen LogP contribution in [0.1, 0.15) is 50.9 Å². The fraction of sp³-hybridized carbons (Fsp3) is 0.300. The molecule has 0 radical (unpaired) electrons. The van der Waals surface area contributed by atoms with Crippen LogP contribution >= 0.6 is 15.9 Å². The van der Waals surface area contributed by atoms with E-state index in [4.69, 9.17) is 0 Å². The number of aromatic nitrogens is 4. The smallest absolute Gasteiger partial charge is 0.181 e. The van der Waals surface area contributed by atoms with Gasteiger partial charge in [-0.05, 0) is 52.0 Å². The van der Waals surface area contributed by atoms with E-state index in [9.17, 15) is 0 Å². The molecular formula is C20H23BrN4. The Morgan fingerprint density at radius 1 is 0.840 bits per heavy atom. The van der Waals surface area contributed by atoms with Crippen molar-refractivity contribution < 1.29 is 0 Å². The Labute approximate surface area is 156 Å². The summed E-state index contributed by atoms with van der Waals surface area (Å²) in [6.07, 6.45) is 5.90. The molecule has 4 aromatic heterocycles. The van der Waals surface area contributed by atoms with E-state index in [1.54, 1.807) is 0 Å². The molecule has 0 fully saturated rings. The molecule has 0 unspecified atom stereocenters. The van der Waals surface area contributed by atoms with Gasteiger partial charge in [-0.15, -0.1) is 0 Å². The van der Waals surface area contributed by atoms with Gasteiger partial charge in [0.25, 0.3) is 0 Å². The lowest BCUT2D eigenvalue weighted by Gasteiger charge is -2.00. The van der Waals surface area contributed by atoms with Crippen molar-refractivity contribution in [2.24, 2.45) is 0 Å². The molecule has 0 amide bonds. The third-order valence-electron chi connectivity index (χ3n) is 4.10. The van der Waals surface area contributed by atoms with Crippen LogP contribution in [0.2, 0.25) is 0 Å². The molecule has 0 aliphatic heterocycles. The zero-order valence-corrected chi connectivity index (χ0v) is 16.6. The molecule has 0 aliphatic carbocycles. The molecule has 0 N–H and O–H groups in total. The lowest BCUT2D eigenvalue weighted by Crippen LogP contribution is -1.88. The molecule has 0 bridgehead atoms. The molecule has 25 heavy (non-hydrogen) atoms. The number of pyridine rings is 2. The van der Waals surface area contributed by atoms with Crippen LogP contribution in [0.4, 0.5) is 0 Å². The van der Waals surface area contributed by atoms with Crippen LogP contribution in [0.3, 0.4) is 0 Å². The van der Waals surface area contributed by atoms with Crippen molar-refractivity contribution in [3.05, 3.63) is 71.2 Å². The summed E-state index contributed by atoms with van der Waals surface area (Å²) in [4.78, 5) is 8.83. The zero-order valence-electron chi connectivity index (χ0n) is 15.0. The van der Waals surface area contributed by atoms with E-state index in [0.29, 0.717) is 11.8 Å². The Morgan fingerprint density at radius 3 is 2.16 bits per heavy atom. The largest absolute Gasteiger partial charge is 0.306 e. The molecule has 0 aliphatic rings. The molecule has 5 heteroatoms. The number of hydrogen-bond donors (Lipinski definition) is 0. The Kier molecular flexibility index (Phi) is 5.23. The Bertz CT molecular complexity index is 982. The van der Waals surface area contributed by atoms with Gasteiger partial charge in [-0.25, -0.2) is 9.97 Å². The Balaban J connectivity index is 0.000000146. The normalized spacial score (nSPS) is 11.3. The summed E-state index contributed by atoms with van der Waals surface area (Å²) < 4.78 is 4.98. The van der Waals surface area contributed by atoms with Crippen molar-refractivity contribution in [2.45, 2.75) is 39.5 Å². The number of halogens is 1. The summed E-state index contributed by atoms with van der Waals surface area (Å²) >= 11 is 3.44. The van der Waals surface area contributed by atoms with Gasteiger partial charge in [0.15, 0.2) is 4.73 Å². The molecule has 4 rings (SSSR count). The first-order valence-corrected chi connectivity index (χ1v) is 9.32. The summed E-state index contributed by atoms with van der Waals surface area (Å²) in [7, 11) is 0. The quantitative estimate of drug-likeness (QED) is 0.435. The van der Waals surface area contributed by atoms with Crippen LogP contribution in [0.25, 0.3) is 11.0 Å².